The van der Waals surface area contributed by atoms with Crippen molar-refractivity contribution in [2.45, 2.75) is 31.5 Å². The molecule has 2 aromatic rings. The highest BCUT2D eigenvalue weighted by molar-refractivity contribution is 7.80. The van der Waals surface area contributed by atoms with Gasteiger partial charge in [0, 0.05) is 0 Å². The smallest absolute Gasteiger partial charge is 0.437 e. The van der Waals surface area contributed by atoms with E-state index in [1.807, 2.05) is 30.3 Å². The van der Waals surface area contributed by atoms with Crippen molar-refractivity contribution in [1.29, 1.82) is 0 Å². The van der Waals surface area contributed by atoms with E-state index in [0.717, 1.165) is 5.56 Å². The van der Waals surface area contributed by atoms with Crippen molar-refractivity contribution in [1.82, 2.24) is 10.6 Å². The highest BCUT2D eigenvalue weighted by Gasteiger charge is 2.66. The second-order valence-electron chi connectivity index (χ2n) is 6.91. The van der Waals surface area contributed by atoms with Crippen LogP contribution in [0.3, 0.4) is 0 Å². The summed E-state index contributed by atoms with van der Waals surface area (Å²) in [5.74, 6) is -2.75. The number of halogens is 3. The van der Waals surface area contributed by atoms with E-state index in [9.17, 15) is 23.1 Å². The van der Waals surface area contributed by atoms with Crippen LogP contribution >= 0.6 is 12.2 Å². The molecule has 3 rings (SSSR count). The molecule has 2 aromatic carbocycles. The molecule has 31 heavy (non-hydrogen) atoms. The lowest BCUT2D eigenvalue weighted by atomic mass is 9.82. The van der Waals surface area contributed by atoms with Crippen LogP contribution in [0.1, 0.15) is 24.1 Å². The molecule has 0 aromatic heterocycles. The molecule has 1 aliphatic heterocycles. The molecule has 1 aliphatic rings. The normalized spacial score (nSPS) is 23.5. The van der Waals surface area contributed by atoms with Gasteiger partial charge in [-0.05, 0) is 42.4 Å². The zero-order valence-corrected chi connectivity index (χ0v) is 17.3. The summed E-state index contributed by atoms with van der Waals surface area (Å²) >= 11 is 4.87. The number of hydrogen-bond donors (Lipinski definition) is 3. The van der Waals surface area contributed by atoms with Gasteiger partial charge in [-0.1, -0.05) is 42.5 Å². The molecule has 0 amide bonds. The van der Waals surface area contributed by atoms with Crippen molar-refractivity contribution >= 4 is 23.3 Å². The first-order valence-corrected chi connectivity index (χ1v) is 9.87. The molecule has 10 heteroatoms. The van der Waals surface area contributed by atoms with Gasteiger partial charge in [0.05, 0.1) is 12.6 Å². The largest absolute Gasteiger partial charge is 0.489 e. The Hall–Kier alpha value is -2.85. The van der Waals surface area contributed by atoms with Crippen molar-refractivity contribution in [3.63, 3.8) is 0 Å². The van der Waals surface area contributed by atoms with Gasteiger partial charge < -0.3 is 25.2 Å². The van der Waals surface area contributed by atoms with Gasteiger partial charge in [-0.15, -0.1) is 0 Å². The van der Waals surface area contributed by atoms with Crippen molar-refractivity contribution in [2.24, 2.45) is 5.92 Å². The number of benzene rings is 2. The van der Waals surface area contributed by atoms with Gasteiger partial charge in [-0.2, -0.15) is 13.2 Å². The number of nitrogens with one attached hydrogen (secondary N) is 2. The van der Waals surface area contributed by atoms with Crippen LogP contribution in [-0.4, -0.2) is 34.7 Å². The van der Waals surface area contributed by atoms with E-state index in [4.69, 9.17) is 21.7 Å². The van der Waals surface area contributed by atoms with Gasteiger partial charge in [-0.25, -0.2) is 0 Å². The molecule has 1 fully saturated rings. The Kier molecular flexibility index (Phi) is 6.71. The van der Waals surface area contributed by atoms with Crippen molar-refractivity contribution in [3.8, 4) is 5.75 Å². The van der Waals surface area contributed by atoms with Crippen LogP contribution in [0.25, 0.3) is 0 Å². The van der Waals surface area contributed by atoms with Crippen molar-refractivity contribution < 1.29 is 32.5 Å². The predicted molar refractivity (Wildman–Crippen MR) is 110 cm³/mol. The number of carbonyl (C=O) groups excluding carboxylic acids is 1. The maximum absolute atomic E-state index is 13.7. The first-order valence-electron chi connectivity index (χ1n) is 9.47. The Balaban J connectivity index is 1.87. The highest BCUT2D eigenvalue weighted by atomic mass is 32.1. The first kappa shape index (κ1) is 22.8. The molecular formula is C21H21F3N2O4S. The van der Waals surface area contributed by atoms with Crippen LogP contribution in [0, 0.1) is 5.92 Å². The minimum absolute atomic E-state index is 0.146. The van der Waals surface area contributed by atoms with E-state index < -0.39 is 34.9 Å². The summed E-state index contributed by atoms with van der Waals surface area (Å²) in [6.07, 6.45) is -5.19. The van der Waals surface area contributed by atoms with Crippen molar-refractivity contribution in [2.75, 3.05) is 6.61 Å². The minimum Gasteiger partial charge on any atom is -0.489 e. The highest BCUT2D eigenvalue weighted by Crippen LogP contribution is 2.43. The predicted octanol–water partition coefficient (Wildman–Crippen LogP) is 3.21. The average Bonchev–Trinajstić information content (AvgIpc) is 2.72. The Morgan fingerprint density at radius 3 is 2.39 bits per heavy atom. The van der Waals surface area contributed by atoms with E-state index in [0.29, 0.717) is 17.9 Å². The molecule has 0 saturated carbocycles. The molecule has 0 radical (unpaired) electrons. The minimum atomic E-state index is -5.19. The fraction of sp³-hybridized carbons (Fsp3) is 0.333. The van der Waals surface area contributed by atoms with E-state index >= 15 is 0 Å². The lowest BCUT2D eigenvalue weighted by molar-refractivity contribution is -0.292. The monoisotopic (exact) mass is 454 g/mol. The molecule has 1 saturated heterocycles. The fourth-order valence-electron chi connectivity index (χ4n) is 3.33. The van der Waals surface area contributed by atoms with E-state index in [1.54, 1.807) is 17.4 Å². The van der Waals surface area contributed by atoms with Crippen LogP contribution in [0.5, 0.6) is 5.75 Å². The van der Waals surface area contributed by atoms with Crippen molar-refractivity contribution in [3.05, 3.63) is 65.7 Å². The molecule has 3 N–H and O–H groups in total. The van der Waals surface area contributed by atoms with E-state index in [1.165, 1.54) is 19.1 Å². The zero-order chi connectivity index (χ0) is 22.6. The number of rotatable bonds is 6. The Bertz CT molecular complexity index is 924. The second-order valence-corrected chi connectivity index (χ2v) is 7.32. The zero-order valence-electron chi connectivity index (χ0n) is 16.5. The SMILES string of the molecule is CCOC(=O)[C@H]1[C@@H](c2ccc(OCc3ccccc3)cc2)NC(=S)N[C@@]1(O)C(F)(F)F. The molecular weight excluding hydrogens is 433 g/mol. The third-order valence-corrected chi connectivity index (χ3v) is 5.05. The average molecular weight is 454 g/mol. The summed E-state index contributed by atoms with van der Waals surface area (Å²) in [6, 6.07) is 14.3. The lowest BCUT2D eigenvalue weighted by Gasteiger charge is -2.45. The summed E-state index contributed by atoms with van der Waals surface area (Å²) in [5.41, 5.74) is -2.33. The number of ether oxygens (including phenoxy) is 2. The molecule has 166 valence electrons. The van der Waals surface area contributed by atoms with Crippen LogP contribution in [0.4, 0.5) is 13.2 Å². The summed E-state index contributed by atoms with van der Waals surface area (Å²) < 4.78 is 51.7. The summed E-state index contributed by atoms with van der Waals surface area (Å²) in [5, 5.41) is 14.4. The standard InChI is InChI=1S/C21H21F3N2O4S/c1-2-29-18(27)16-17(25-19(31)26-20(16,28)21(22,23)24)14-8-10-15(11-9-14)30-12-13-6-4-3-5-7-13/h3-11,16-17,28H,2,12H2,1H3,(H2,25,26,31)/t16-,17-,20+/m1/s1. The maximum Gasteiger partial charge on any atom is 0.437 e. The van der Waals surface area contributed by atoms with Crippen LogP contribution in [0.15, 0.2) is 54.6 Å². The van der Waals surface area contributed by atoms with Gasteiger partial charge >= 0.3 is 12.1 Å². The number of alkyl halides is 3. The fourth-order valence-corrected chi connectivity index (χ4v) is 3.61. The number of hydrogen-bond acceptors (Lipinski definition) is 5. The van der Waals surface area contributed by atoms with E-state index in [2.05, 4.69) is 5.32 Å². The number of esters is 1. The molecule has 3 atom stereocenters. The third-order valence-electron chi connectivity index (χ3n) is 4.83. The Morgan fingerprint density at radius 2 is 1.81 bits per heavy atom. The first-order chi connectivity index (χ1) is 14.7. The molecule has 0 aliphatic carbocycles. The molecule has 0 spiro atoms. The quantitative estimate of drug-likeness (QED) is 0.457. The summed E-state index contributed by atoms with van der Waals surface area (Å²) in [6.45, 7) is 1.63. The summed E-state index contributed by atoms with van der Waals surface area (Å²) in [4.78, 5) is 12.4. The van der Waals surface area contributed by atoms with Gasteiger partial charge in [0.1, 0.15) is 18.3 Å². The Labute approximate surface area is 182 Å². The molecule has 6 nitrogen and oxygen atoms in total. The van der Waals surface area contributed by atoms with Gasteiger partial charge in [0.15, 0.2) is 5.11 Å². The molecule has 0 bridgehead atoms. The number of carbonyl (C=O) groups is 1. The van der Waals surface area contributed by atoms with Crippen LogP contribution in [-0.2, 0) is 16.1 Å². The molecule has 0 unspecified atom stereocenters. The topological polar surface area (TPSA) is 79.8 Å². The number of thiocarbonyl (C=S) groups is 1. The van der Waals surface area contributed by atoms with Gasteiger partial charge in [-0.3, -0.25) is 4.79 Å². The third kappa shape index (κ3) is 4.91. The lowest BCUT2D eigenvalue weighted by Crippen LogP contribution is -2.73. The number of aliphatic hydroxyl groups is 1. The van der Waals surface area contributed by atoms with Crippen LogP contribution < -0.4 is 15.4 Å². The second kappa shape index (κ2) is 9.11. The summed E-state index contributed by atoms with van der Waals surface area (Å²) in [7, 11) is 0. The van der Waals surface area contributed by atoms with Gasteiger partial charge in [0.2, 0.25) is 0 Å². The Morgan fingerprint density at radius 1 is 1.16 bits per heavy atom. The maximum atomic E-state index is 13.7. The van der Waals surface area contributed by atoms with Crippen LogP contribution in [0.2, 0.25) is 0 Å². The molecule has 1 heterocycles. The van der Waals surface area contributed by atoms with Gasteiger partial charge in [0.25, 0.3) is 5.72 Å². The van der Waals surface area contributed by atoms with E-state index in [-0.39, 0.29) is 6.61 Å².